The van der Waals surface area contributed by atoms with Gasteiger partial charge in [-0.05, 0) is 49.1 Å². The molecular formula is C21H22ClN3O3S. The maximum absolute atomic E-state index is 12.8. The number of sulfonamides is 1. The van der Waals surface area contributed by atoms with Crippen LogP contribution < -0.4 is 5.32 Å². The lowest BCUT2D eigenvalue weighted by atomic mass is 10.1. The number of hydrogen-bond acceptors (Lipinski definition) is 3. The summed E-state index contributed by atoms with van der Waals surface area (Å²) in [5, 5.41) is 4.06. The Kier molecular flexibility index (Phi) is 5.63. The predicted molar refractivity (Wildman–Crippen MR) is 115 cm³/mol. The van der Waals surface area contributed by atoms with Gasteiger partial charge >= 0.3 is 0 Å². The summed E-state index contributed by atoms with van der Waals surface area (Å²) in [6, 6.07) is 12.5. The number of aromatic amines is 1. The molecule has 8 heteroatoms. The quantitative estimate of drug-likeness (QED) is 0.614. The van der Waals surface area contributed by atoms with Gasteiger partial charge in [0.15, 0.2) is 0 Å². The molecule has 1 aliphatic heterocycles. The second kappa shape index (κ2) is 8.18. The van der Waals surface area contributed by atoms with Gasteiger partial charge in [-0.1, -0.05) is 29.8 Å². The second-order valence-corrected chi connectivity index (χ2v) is 9.48. The van der Waals surface area contributed by atoms with Gasteiger partial charge in [0.2, 0.25) is 15.9 Å². The number of carbonyl (C=O) groups is 1. The first-order chi connectivity index (χ1) is 13.9. The number of hydrogen-bond donors (Lipinski definition) is 2. The van der Waals surface area contributed by atoms with E-state index in [1.54, 1.807) is 6.07 Å². The van der Waals surface area contributed by atoms with Crippen LogP contribution in [0.2, 0.25) is 5.02 Å². The largest absolute Gasteiger partial charge is 0.361 e. The highest BCUT2D eigenvalue weighted by Crippen LogP contribution is 2.29. The fourth-order valence-electron chi connectivity index (χ4n) is 3.66. The molecule has 6 nitrogen and oxygen atoms in total. The number of carbonyl (C=O) groups excluding carboxylic acids is 1. The SMILES string of the molecule is O=C(CCc1c[nH]c2ccccc12)Nc1ccc(Cl)c(S(=O)(=O)N2CCCC2)c1. The molecule has 0 radical (unpaired) electrons. The average molecular weight is 432 g/mol. The molecule has 0 saturated carbocycles. The van der Waals surface area contributed by atoms with Crippen LogP contribution >= 0.6 is 11.6 Å². The predicted octanol–water partition coefficient (Wildman–Crippen LogP) is 4.18. The molecule has 4 rings (SSSR count). The summed E-state index contributed by atoms with van der Waals surface area (Å²) < 4.78 is 27.1. The van der Waals surface area contributed by atoms with E-state index in [1.807, 2.05) is 30.5 Å². The van der Waals surface area contributed by atoms with Crippen LogP contribution in [0.1, 0.15) is 24.8 Å². The van der Waals surface area contributed by atoms with Crippen LogP contribution in [0, 0.1) is 0 Å². The van der Waals surface area contributed by atoms with Gasteiger partial charge in [0.1, 0.15) is 4.90 Å². The van der Waals surface area contributed by atoms with Crippen LogP contribution in [0.3, 0.4) is 0 Å². The minimum absolute atomic E-state index is 0.0375. The molecule has 1 amide bonds. The van der Waals surface area contributed by atoms with Crippen molar-refractivity contribution in [2.75, 3.05) is 18.4 Å². The summed E-state index contributed by atoms with van der Waals surface area (Å²) in [5.74, 6) is -0.179. The molecule has 0 spiro atoms. The first-order valence-electron chi connectivity index (χ1n) is 9.60. The van der Waals surface area contributed by atoms with Crippen molar-refractivity contribution >= 4 is 44.1 Å². The standard InChI is InChI=1S/C21H22ClN3O3S/c22-18-9-8-16(13-20(18)29(27,28)25-11-3-4-12-25)24-21(26)10-7-15-14-23-19-6-2-1-5-17(15)19/h1-2,5-6,8-9,13-14,23H,3-4,7,10-12H2,(H,24,26). The first kappa shape index (κ1) is 19.9. The fourth-order valence-corrected chi connectivity index (χ4v) is 5.67. The Balaban J connectivity index is 1.46. The van der Waals surface area contributed by atoms with Crippen molar-refractivity contribution in [2.45, 2.75) is 30.6 Å². The minimum atomic E-state index is -3.65. The summed E-state index contributed by atoms with van der Waals surface area (Å²) in [6.07, 6.45) is 4.49. The van der Waals surface area contributed by atoms with Crippen LogP contribution in [0.5, 0.6) is 0 Å². The Morgan fingerprint density at radius 3 is 2.69 bits per heavy atom. The third-order valence-corrected chi connectivity index (χ3v) is 7.57. The molecule has 2 aromatic carbocycles. The summed E-state index contributed by atoms with van der Waals surface area (Å²) in [4.78, 5) is 15.7. The van der Waals surface area contributed by atoms with Crippen LogP contribution in [0.4, 0.5) is 5.69 Å². The monoisotopic (exact) mass is 431 g/mol. The van der Waals surface area contributed by atoms with Crippen LogP contribution in [-0.4, -0.2) is 36.7 Å². The van der Waals surface area contributed by atoms with Crippen LogP contribution in [-0.2, 0) is 21.2 Å². The number of halogens is 1. The lowest BCUT2D eigenvalue weighted by molar-refractivity contribution is -0.116. The van der Waals surface area contributed by atoms with Crippen molar-refractivity contribution in [3.05, 3.63) is 59.2 Å². The molecule has 2 N–H and O–H groups in total. The molecule has 1 aliphatic rings. The number of H-pyrrole nitrogens is 1. The number of rotatable bonds is 6. The first-order valence-corrected chi connectivity index (χ1v) is 11.4. The van der Waals surface area contributed by atoms with E-state index in [0.29, 0.717) is 31.6 Å². The van der Waals surface area contributed by atoms with Gasteiger partial charge < -0.3 is 10.3 Å². The van der Waals surface area contributed by atoms with Crippen molar-refractivity contribution in [3.8, 4) is 0 Å². The number of fused-ring (bicyclic) bond motifs is 1. The van der Waals surface area contributed by atoms with Gasteiger partial charge in [-0.25, -0.2) is 8.42 Å². The third kappa shape index (κ3) is 4.17. The maximum atomic E-state index is 12.8. The summed E-state index contributed by atoms with van der Waals surface area (Å²) in [5.41, 5.74) is 2.54. The van der Waals surface area contributed by atoms with Gasteiger partial charge in [-0.3, -0.25) is 4.79 Å². The van der Waals surface area contributed by atoms with E-state index in [9.17, 15) is 13.2 Å². The number of amides is 1. The summed E-state index contributed by atoms with van der Waals surface area (Å²) in [6.45, 7) is 1.000. The molecule has 152 valence electrons. The Morgan fingerprint density at radius 2 is 1.90 bits per heavy atom. The molecule has 2 heterocycles. The van der Waals surface area contributed by atoms with E-state index < -0.39 is 10.0 Å². The summed E-state index contributed by atoms with van der Waals surface area (Å²) >= 11 is 6.16. The van der Waals surface area contributed by atoms with Crippen LogP contribution in [0.25, 0.3) is 10.9 Å². The van der Waals surface area contributed by atoms with Crippen LogP contribution in [0.15, 0.2) is 53.6 Å². The normalized spacial score (nSPS) is 15.1. The van der Waals surface area contributed by atoms with Crippen molar-refractivity contribution in [2.24, 2.45) is 0 Å². The smallest absolute Gasteiger partial charge is 0.244 e. The number of benzene rings is 2. The van der Waals surface area contributed by atoms with Gasteiger partial charge in [0, 0.05) is 42.3 Å². The fraction of sp³-hybridized carbons (Fsp3) is 0.286. The Labute approximate surface area is 174 Å². The molecular weight excluding hydrogens is 410 g/mol. The highest BCUT2D eigenvalue weighted by Gasteiger charge is 2.29. The Hall–Kier alpha value is -2.35. The number of para-hydroxylation sites is 1. The number of anilines is 1. The van der Waals surface area contributed by atoms with Gasteiger partial charge in [0.05, 0.1) is 5.02 Å². The lowest BCUT2D eigenvalue weighted by Crippen LogP contribution is -2.28. The number of nitrogens with zero attached hydrogens (tertiary/aromatic N) is 1. The molecule has 29 heavy (non-hydrogen) atoms. The highest BCUT2D eigenvalue weighted by molar-refractivity contribution is 7.89. The zero-order valence-electron chi connectivity index (χ0n) is 15.8. The zero-order valence-corrected chi connectivity index (χ0v) is 17.4. The van der Waals surface area contributed by atoms with Crippen molar-refractivity contribution in [3.63, 3.8) is 0 Å². The van der Waals surface area contributed by atoms with E-state index in [0.717, 1.165) is 29.3 Å². The molecule has 1 fully saturated rings. The molecule has 3 aromatic rings. The molecule has 0 unspecified atom stereocenters. The number of nitrogens with one attached hydrogen (secondary N) is 2. The number of aromatic nitrogens is 1. The highest BCUT2D eigenvalue weighted by atomic mass is 35.5. The van der Waals surface area contributed by atoms with E-state index in [-0.39, 0.29) is 15.8 Å². The zero-order chi connectivity index (χ0) is 20.4. The number of aryl methyl sites for hydroxylation is 1. The average Bonchev–Trinajstić information content (AvgIpc) is 3.38. The molecule has 1 saturated heterocycles. The van der Waals surface area contributed by atoms with E-state index in [1.165, 1.54) is 16.4 Å². The van der Waals surface area contributed by atoms with E-state index in [4.69, 9.17) is 11.6 Å². The lowest BCUT2D eigenvalue weighted by Gasteiger charge is -2.17. The van der Waals surface area contributed by atoms with E-state index in [2.05, 4.69) is 10.3 Å². The third-order valence-electron chi connectivity index (χ3n) is 5.19. The van der Waals surface area contributed by atoms with Gasteiger partial charge in [0.25, 0.3) is 0 Å². The topological polar surface area (TPSA) is 82.3 Å². The maximum Gasteiger partial charge on any atom is 0.244 e. The molecule has 0 aliphatic carbocycles. The molecule has 1 aromatic heterocycles. The van der Waals surface area contributed by atoms with Gasteiger partial charge in [-0.15, -0.1) is 0 Å². The van der Waals surface area contributed by atoms with Crippen molar-refractivity contribution < 1.29 is 13.2 Å². The second-order valence-electron chi connectivity index (χ2n) is 7.16. The molecule has 0 atom stereocenters. The summed E-state index contributed by atoms with van der Waals surface area (Å²) in [7, 11) is -3.65. The van der Waals surface area contributed by atoms with Crippen molar-refractivity contribution in [1.29, 1.82) is 0 Å². The Morgan fingerprint density at radius 1 is 1.14 bits per heavy atom. The molecule has 0 bridgehead atoms. The van der Waals surface area contributed by atoms with E-state index >= 15 is 0 Å². The minimum Gasteiger partial charge on any atom is -0.361 e. The van der Waals surface area contributed by atoms with Gasteiger partial charge in [-0.2, -0.15) is 4.31 Å². The Bertz CT molecular complexity index is 1150. The van der Waals surface area contributed by atoms with Crippen molar-refractivity contribution in [1.82, 2.24) is 9.29 Å².